The highest BCUT2D eigenvalue weighted by atomic mass is 15.2. The van der Waals surface area contributed by atoms with Crippen LogP contribution in [0, 0.1) is 0 Å². The maximum atomic E-state index is 4.67. The Morgan fingerprint density at radius 2 is 1.78 bits per heavy atom. The summed E-state index contributed by atoms with van der Waals surface area (Å²) >= 11 is 0. The fourth-order valence-corrected chi connectivity index (χ4v) is 3.49. The Hall–Kier alpha value is -3.93. The quantitative estimate of drug-likeness (QED) is 0.450. The molecule has 0 bridgehead atoms. The van der Waals surface area contributed by atoms with Crippen LogP contribution in [-0.2, 0) is 0 Å². The van der Waals surface area contributed by atoms with Crippen LogP contribution in [0.15, 0.2) is 92.0 Å². The number of fused-ring (bicyclic) bond motifs is 3. The average Bonchev–Trinajstić information content (AvgIpc) is 3.42. The summed E-state index contributed by atoms with van der Waals surface area (Å²) in [5.74, 6) is 0. The maximum absolute atomic E-state index is 4.67. The lowest BCUT2D eigenvalue weighted by Crippen LogP contribution is -2.27. The van der Waals surface area contributed by atoms with Gasteiger partial charge in [0.15, 0.2) is 5.52 Å². The Labute approximate surface area is 154 Å². The lowest BCUT2D eigenvalue weighted by Gasteiger charge is -1.96. The highest BCUT2D eigenvalue weighted by Crippen LogP contribution is 2.21. The van der Waals surface area contributed by atoms with E-state index in [0.29, 0.717) is 0 Å². The summed E-state index contributed by atoms with van der Waals surface area (Å²) in [4.78, 5) is 4.37. The van der Waals surface area contributed by atoms with Crippen LogP contribution in [0.5, 0.6) is 0 Å². The number of hydrogen-bond donors (Lipinski definition) is 0. The lowest BCUT2D eigenvalue weighted by atomic mass is 10.2. The normalized spacial score (nSPS) is 11.7. The van der Waals surface area contributed by atoms with Crippen LogP contribution in [0.2, 0.25) is 0 Å². The smallest absolute Gasteiger partial charge is 0.254 e. The molecule has 0 aromatic carbocycles. The van der Waals surface area contributed by atoms with Crippen molar-refractivity contribution in [1.29, 1.82) is 0 Å². The molecule has 6 heteroatoms. The molecule has 0 radical (unpaired) electrons. The van der Waals surface area contributed by atoms with Crippen LogP contribution in [0.1, 0.15) is 0 Å². The van der Waals surface area contributed by atoms with Crippen LogP contribution in [0.4, 0.5) is 0 Å². The second kappa shape index (κ2) is 5.28. The molecule has 6 heterocycles. The minimum absolute atomic E-state index is 0.931. The van der Waals surface area contributed by atoms with Gasteiger partial charge in [0.25, 0.3) is 6.33 Å². The zero-order chi connectivity index (χ0) is 17.8. The van der Waals surface area contributed by atoms with Gasteiger partial charge in [-0.05, 0) is 30.3 Å². The van der Waals surface area contributed by atoms with Crippen LogP contribution >= 0.6 is 0 Å². The molecular weight excluding hydrogens is 336 g/mol. The van der Waals surface area contributed by atoms with Gasteiger partial charge in [-0.15, -0.1) is 0 Å². The maximum Gasteiger partial charge on any atom is 0.254 e. The molecule has 0 aliphatic heterocycles. The molecule has 0 fully saturated rings. The van der Waals surface area contributed by atoms with Crippen molar-refractivity contribution in [3.8, 4) is 16.9 Å². The fourth-order valence-electron chi connectivity index (χ4n) is 3.49. The Bertz CT molecular complexity index is 1400. The predicted octanol–water partition coefficient (Wildman–Crippen LogP) is 3.18. The van der Waals surface area contributed by atoms with E-state index < -0.39 is 0 Å². The van der Waals surface area contributed by atoms with Crippen molar-refractivity contribution in [3.63, 3.8) is 0 Å². The number of imidazole rings is 2. The van der Waals surface area contributed by atoms with Gasteiger partial charge >= 0.3 is 0 Å². The van der Waals surface area contributed by atoms with Gasteiger partial charge in [-0.3, -0.25) is 0 Å². The lowest BCUT2D eigenvalue weighted by molar-refractivity contribution is -0.594. The molecule has 128 valence electrons. The topological polar surface area (TPSA) is 42.9 Å². The molecule has 0 saturated heterocycles. The van der Waals surface area contributed by atoms with Gasteiger partial charge in [0.05, 0.1) is 17.4 Å². The van der Waals surface area contributed by atoms with E-state index in [1.807, 2.05) is 39.6 Å². The minimum atomic E-state index is 0.931. The van der Waals surface area contributed by atoms with Gasteiger partial charge in [-0.2, -0.15) is 5.10 Å². The Kier molecular flexibility index (Phi) is 2.79. The third kappa shape index (κ3) is 2.23. The number of aromatic nitrogens is 6. The Balaban J connectivity index is 1.46. The summed E-state index contributed by atoms with van der Waals surface area (Å²) in [7, 11) is 0. The largest absolute Gasteiger partial charge is 0.307 e. The second-order valence-corrected chi connectivity index (χ2v) is 6.58. The van der Waals surface area contributed by atoms with Crippen molar-refractivity contribution in [2.75, 3.05) is 0 Å². The monoisotopic (exact) mass is 351 g/mol. The zero-order valence-corrected chi connectivity index (χ0v) is 14.3. The van der Waals surface area contributed by atoms with E-state index in [9.17, 15) is 0 Å². The Morgan fingerprint density at radius 1 is 0.815 bits per heavy atom. The van der Waals surface area contributed by atoms with Gasteiger partial charge in [-0.1, -0.05) is 6.07 Å². The summed E-state index contributed by atoms with van der Waals surface area (Å²) < 4.78 is 8.12. The van der Waals surface area contributed by atoms with E-state index in [1.165, 1.54) is 0 Å². The van der Waals surface area contributed by atoms with Crippen LogP contribution in [0.3, 0.4) is 0 Å². The van der Waals surface area contributed by atoms with Crippen molar-refractivity contribution in [3.05, 3.63) is 92.0 Å². The van der Waals surface area contributed by atoms with Crippen LogP contribution in [0.25, 0.3) is 33.6 Å². The molecule has 0 N–H and O–H groups in total. The molecular formula is C21H15N6+. The molecule has 6 nitrogen and oxygen atoms in total. The average molecular weight is 351 g/mol. The summed E-state index contributed by atoms with van der Waals surface area (Å²) in [5, 5.41) is 4.67. The third-order valence-electron chi connectivity index (χ3n) is 4.88. The van der Waals surface area contributed by atoms with Crippen LogP contribution in [-0.4, -0.2) is 23.4 Å². The number of hydrogen-bond acceptors (Lipinski definition) is 2. The molecule has 0 aliphatic rings. The third-order valence-corrected chi connectivity index (χ3v) is 4.88. The molecule has 6 aromatic heterocycles. The molecule has 0 aliphatic carbocycles. The first-order chi connectivity index (χ1) is 13.3. The van der Waals surface area contributed by atoms with Gasteiger partial charge in [-0.25, -0.2) is 18.5 Å². The standard InChI is InChI=1S/C21H15N6/c1-2-7-27-18(3-1)12-20(23-27)16-4-8-25-15-26(14-19(25)11-16)17-5-9-24-10-6-22-21(24)13-17/h1-15H/q+1. The molecule has 0 saturated carbocycles. The van der Waals surface area contributed by atoms with E-state index in [0.717, 1.165) is 33.6 Å². The highest BCUT2D eigenvalue weighted by molar-refractivity contribution is 5.69. The highest BCUT2D eigenvalue weighted by Gasteiger charge is 2.12. The number of nitrogens with zero attached hydrogens (tertiary/aromatic N) is 6. The molecule has 6 rings (SSSR count). The minimum Gasteiger partial charge on any atom is -0.307 e. The molecule has 0 atom stereocenters. The zero-order valence-electron chi connectivity index (χ0n) is 14.3. The summed E-state index contributed by atoms with van der Waals surface area (Å²) in [6.07, 6.45) is 14.0. The van der Waals surface area contributed by atoms with E-state index in [2.05, 4.69) is 74.2 Å². The molecule has 27 heavy (non-hydrogen) atoms. The van der Waals surface area contributed by atoms with E-state index in [-0.39, 0.29) is 0 Å². The Morgan fingerprint density at radius 3 is 2.74 bits per heavy atom. The molecule has 6 aromatic rings. The summed E-state index contributed by atoms with van der Waals surface area (Å²) in [6, 6.07) is 16.6. The fraction of sp³-hybridized carbons (Fsp3) is 0. The van der Waals surface area contributed by atoms with Crippen molar-refractivity contribution in [2.24, 2.45) is 0 Å². The van der Waals surface area contributed by atoms with Gasteiger partial charge < -0.3 is 4.40 Å². The van der Waals surface area contributed by atoms with Crippen molar-refractivity contribution >= 4 is 16.7 Å². The molecule has 0 amide bonds. The van der Waals surface area contributed by atoms with Gasteiger partial charge in [0.1, 0.15) is 17.5 Å². The first-order valence-electron chi connectivity index (χ1n) is 8.74. The summed E-state index contributed by atoms with van der Waals surface area (Å²) in [6.45, 7) is 0. The second-order valence-electron chi connectivity index (χ2n) is 6.58. The first kappa shape index (κ1) is 14.3. The summed E-state index contributed by atoms with van der Waals surface area (Å²) in [5.41, 5.74) is 6.27. The predicted molar refractivity (Wildman–Crippen MR) is 102 cm³/mol. The van der Waals surface area contributed by atoms with E-state index in [1.54, 1.807) is 6.20 Å². The molecule has 0 spiro atoms. The first-order valence-corrected chi connectivity index (χ1v) is 8.74. The van der Waals surface area contributed by atoms with E-state index in [4.69, 9.17) is 0 Å². The van der Waals surface area contributed by atoms with Crippen molar-refractivity contribution in [2.45, 2.75) is 0 Å². The van der Waals surface area contributed by atoms with Gasteiger partial charge in [0.2, 0.25) is 0 Å². The van der Waals surface area contributed by atoms with E-state index >= 15 is 0 Å². The number of pyridine rings is 3. The van der Waals surface area contributed by atoms with Crippen molar-refractivity contribution in [1.82, 2.24) is 23.4 Å². The van der Waals surface area contributed by atoms with Gasteiger partial charge in [0, 0.05) is 42.5 Å². The number of rotatable bonds is 2. The molecule has 0 unspecified atom stereocenters. The van der Waals surface area contributed by atoms with Crippen LogP contribution < -0.4 is 4.57 Å². The van der Waals surface area contributed by atoms with Crippen molar-refractivity contribution < 1.29 is 4.57 Å². The SMILES string of the molecule is c1ccn2nc(-c3ccn4c[n+](-c5ccn6ccnc6c5)cc4c3)cc2c1.